The number of sulfonamides is 1. The molecule has 0 unspecified atom stereocenters. The molecular weight excluding hydrogens is 236 g/mol. The Kier molecular flexibility index (Phi) is 2.54. The standard InChI is InChI=1S/C12H16N2O2S/c1-12(2,3)9-5-4-8-7-17(15,16)14-11(13)10(8)6-9/h4-6H,7H2,1-3H3,(H2,13,14). The van der Waals surface area contributed by atoms with Crippen molar-refractivity contribution in [3.05, 3.63) is 34.9 Å². The maximum absolute atomic E-state index is 11.4. The van der Waals surface area contributed by atoms with Crippen LogP contribution in [0.4, 0.5) is 0 Å². The topological polar surface area (TPSA) is 72.5 Å². The van der Waals surface area contributed by atoms with Gasteiger partial charge in [0.1, 0.15) is 5.84 Å². The summed E-state index contributed by atoms with van der Waals surface area (Å²) in [7, 11) is -3.43. The van der Waals surface area contributed by atoms with Crippen LogP contribution >= 0.6 is 0 Å². The van der Waals surface area contributed by atoms with Gasteiger partial charge < -0.3 is 5.73 Å². The Morgan fingerprint density at radius 3 is 2.53 bits per heavy atom. The second-order valence-corrected chi connectivity index (χ2v) is 6.96. The molecule has 1 aliphatic rings. The van der Waals surface area contributed by atoms with E-state index in [0.29, 0.717) is 0 Å². The van der Waals surface area contributed by atoms with Crippen molar-refractivity contribution in [1.82, 2.24) is 0 Å². The third-order valence-electron chi connectivity index (χ3n) is 2.83. The molecule has 0 aliphatic carbocycles. The van der Waals surface area contributed by atoms with Crippen molar-refractivity contribution < 1.29 is 8.42 Å². The average Bonchev–Trinajstić information content (AvgIpc) is 2.13. The molecule has 17 heavy (non-hydrogen) atoms. The van der Waals surface area contributed by atoms with Crippen LogP contribution in [0.1, 0.15) is 37.5 Å². The van der Waals surface area contributed by atoms with Gasteiger partial charge in [-0.2, -0.15) is 0 Å². The molecule has 0 spiro atoms. The molecule has 1 aromatic rings. The van der Waals surface area contributed by atoms with Crippen molar-refractivity contribution in [1.29, 1.82) is 0 Å². The number of hydrogen-bond acceptors (Lipinski definition) is 3. The first-order chi connectivity index (χ1) is 7.69. The van der Waals surface area contributed by atoms with Gasteiger partial charge in [-0.3, -0.25) is 0 Å². The van der Waals surface area contributed by atoms with Crippen LogP contribution in [0.25, 0.3) is 0 Å². The molecule has 2 N–H and O–H groups in total. The van der Waals surface area contributed by atoms with Crippen LogP contribution in [-0.2, 0) is 21.2 Å². The van der Waals surface area contributed by atoms with Crippen LogP contribution in [0.2, 0.25) is 0 Å². The van der Waals surface area contributed by atoms with Crippen molar-refractivity contribution >= 4 is 15.9 Å². The Morgan fingerprint density at radius 1 is 1.29 bits per heavy atom. The molecule has 0 atom stereocenters. The zero-order valence-electron chi connectivity index (χ0n) is 10.2. The Hall–Kier alpha value is -1.36. The Morgan fingerprint density at radius 2 is 1.94 bits per heavy atom. The van der Waals surface area contributed by atoms with E-state index in [9.17, 15) is 8.42 Å². The fourth-order valence-electron chi connectivity index (χ4n) is 1.84. The van der Waals surface area contributed by atoms with Gasteiger partial charge in [-0.1, -0.05) is 32.9 Å². The summed E-state index contributed by atoms with van der Waals surface area (Å²) in [6, 6.07) is 5.71. The van der Waals surface area contributed by atoms with Gasteiger partial charge in [0.25, 0.3) is 10.0 Å². The fraction of sp³-hybridized carbons (Fsp3) is 0.417. The highest BCUT2D eigenvalue weighted by Gasteiger charge is 2.24. The summed E-state index contributed by atoms with van der Waals surface area (Å²) in [6.45, 7) is 6.30. The summed E-state index contributed by atoms with van der Waals surface area (Å²) >= 11 is 0. The summed E-state index contributed by atoms with van der Waals surface area (Å²) in [4.78, 5) is 0. The van der Waals surface area contributed by atoms with E-state index in [1.54, 1.807) is 0 Å². The molecule has 0 fully saturated rings. The Bertz CT molecular complexity index is 595. The molecule has 1 aromatic carbocycles. The van der Waals surface area contributed by atoms with E-state index < -0.39 is 10.0 Å². The summed E-state index contributed by atoms with van der Waals surface area (Å²) in [5.41, 5.74) is 8.30. The first kappa shape index (κ1) is 12.1. The highest BCUT2D eigenvalue weighted by atomic mass is 32.2. The van der Waals surface area contributed by atoms with Gasteiger partial charge in [-0.25, -0.2) is 8.42 Å². The van der Waals surface area contributed by atoms with Gasteiger partial charge in [0.15, 0.2) is 0 Å². The SMILES string of the molecule is CC(C)(C)c1ccc2c(c1)C(N)=NS(=O)(=O)C2. The van der Waals surface area contributed by atoms with E-state index in [1.165, 1.54) is 0 Å². The van der Waals surface area contributed by atoms with E-state index in [1.807, 2.05) is 18.2 Å². The molecule has 0 aromatic heterocycles. The number of nitrogens with zero attached hydrogens (tertiary/aromatic N) is 1. The lowest BCUT2D eigenvalue weighted by molar-refractivity contribution is 0.589. The minimum absolute atomic E-state index is 0.00559. The first-order valence-electron chi connectivity index (χ1n) is 5.41. The Balaban J connectivity index is 2.60. The Labute approximate surface area is 102 Å². The fourth-order valence-corrected chi connectivity index (χ4v) is 2.94. The van der Waals surface area contributed by atoms with Crippen LogP contribution in [0.5, 0.6) is 0 Å². The van der Waals surface area contributed by atoms with Crippen molar-refractivity contribution in [3.8, 4) is 0 Å². The molecule has 4 nitrogen and oxygen atoms in total. The summed E-state index contributed by atoms with van der Waals surface area (Å²) in [5.74, 6) is 0.0327. The molecule has 0 saturated carbocycles. The zero-order valence-corrected chi connectivity index (χ0v) is 11.0. The van der Waals surface area contributed by atoms with E-state index in [4.69, 9.17) is 5.73 Å². The monoisotopic (exact) mass is 252 g/mol. The van der Waals surface area contributed by atoms with E-state index in [2.05, 4.69) is 25.2 Å². The van der Waals surface area contributed by atoms with Gasteiger partial charge >= 0.3 is 0 Å². The second kappa shape index (κ2) is 3.57. The van der Waals surface area contributed by atoms with Crippen LogP contribution in [-0.4, -0.2) is 14.3 Å². The maximum atomic E-state index is 11.4. The number of fused-ring (bicyclic) bond motifs is 1. The normalized spacial score (nSPS) is 18.4. The molecule has 1 heterocycles. The molecule has 0 radical (unpaired) electrons. The predicted molar refractivity (Wildman–Crippen MR) is 68.5 cm³/mol. The van der Waals surface area contributed by atoms with Gasteiger partial charge in [0.2, 0.25) is 0 Å². The van der Waals surface area contributed by atoms with Gasteiger partial charge in [0, 0.05) is 5.56 Å². The molecule has 0 amide bonds. The van der Waals surface area contributed by atoms with E-state index >= 15 is 0 Å². The van der Waals surface area contributed by atoms with Crippen molar-refractivity contribution in [2.24, 2.45) is 10.1 Å². The summed E-state index contributed by atoms with van der Waals surface area (Å²) in [6.07, 6.45) is 0. The van der Waals surface area contributed by atoms with Crippen molar-refractivity contribution in [2.45, 2.75) is 31.9 Å². The maximum Gasteiger partial charge on any atom is 0.259 e. The van der Waals surface area contributed by atoms with Crippen LogP contribution in [0.3, 0.4) is 0 Å². The zero-order chi connectivity index (χ0) is 12.8. The third kappa shape index (κ3) is 2.34. The van der Waals surface area contributed by atoms with Crippen molar-refractivity contribution in [3.63, 3.8) is 0 Å². The van der Waals surface area contributed by atoms with Crippen molar-refractivity contribution in [2.75, 3.05) is 0 Å². The summed E-state index contributed by atoms with van der Waals surface area (Å²) in [5, 5.41) is 0. The van der Waals surface area contributed by atoms with Crippen LogP contribution in [0.15, 0.2) is 22.6 Å². The van der Waals surface area contributed by atoms with Gasteiger partial charge in [-0.05, 0) is 22.6 Å². The van der Waals surface area contributed by atoms with Gasteiger partial charge in [-0.15, -0.1) is 4.40 Å². The number of amidine groups is 1. The lowest BCUT2D eigenvalue weighted by atomic mass is 9.85. The second-order valence-electron chi connectivity index (χ2n) is 5.32. The quantitative estimate of drug-likeness (QED) is 0.761. The minimum Gasteiger partial charge on any atom is -0.383 e. The number of hydrogen-bond donors (Lipinski definition) is 1. The molecule has 5 heteroatoms. The van der Waals surface area contributed by atoms with Crippen LogP contribution < -0.4 is 5.73 Å². The highest BCUT2D eigenvalue weighted by molar-refractivity contribution is 7.89. The molecule has 0 bridgehead atoms. The van der Waals surface area contributed by atoms with Crippen LogP contribution in [0, 0.1) is 0 Å². The smallest absolute Gasteiger partial charge is 0.259 e. The molecule has 1 aliphatic heterocycles. The number of nitrogens with two attached hydrogens (primary N) is 1. The average molecular weight is 252 g/mol. The summed E-state index contributed by atoms with van der Waals surface area (Å²) < 4.78 is 26.4. The minimum atomic E-state index is -3.43. The van der Waals surface area contributed by atoms with E-state index in [0.717, 1.165) is 16.7 Å². The first-order valence-corrected chi connectivity index (χ1v) is 7.02. The highest BCUT2D eigenvalue weighted by Crippen LogP contribution is 2.27. The predicted octanol–water partition coefficient (Wildman–Crippen LogP) is 1.53. The third-order valence-corrected chi connectivity index (χ3v) is 3.98. The number of rotatable bonds is 0. The van der Waals surface area contributed by atoms with E-state index in [-0.39, 0.29) is 17.0 Å². The molecule has 2 rings (SSSR count). The lowest BCUT2D eigenvalue weighted by Gasteiger charge is -2.22. The molecule has 92 valence electrons. The number of benzene rings is 1. The largest absolute Gasteiger partial charge is 0.383 e. The molecular formula is C12H16N2O2S. The molecule has 0 saturated heterocycles. The lowest BCUT2D eigenvalue weighted by Crippen LogP contribution is -2.25. The van der Waals surface area contributed by atoms with Gasteiger partial charge in [0.05, 0.1) is 5.75 Å².